The number of para-hydroxylation sites is 1. The maximum Gasteiger partial charge on any atom is 0.331 e. The van der Waals surface area contributed by atoms with Gasteiger partial charge in [0.15, 0.2) is 0 Å². The lowest BCUT2D eigenvalue weighted by Crippen LogP contribution is -2.38. The topological polar surface area (TPSA) is 56.9 Å². The SMILES string of the molecule is Cn1ccc(=O)n(Cc2cccc3cccnc23)c1=O. The molecule has 20 heavy (non-hydrogen) atoms. The van der Waals surface area contributed by atoms with E-state index in [1.807, 2.05) is 30.3 Å². The summed E-state index contributed by atoms with van der Waals surface area (Å²) in [5, 5.41) is 0.991. The molecule has 0 N–H and O–H groups in total. The molecule has 5 nitrogen and oxygen atoms in total. The van der Waals surface area contributed by atoms with Crippen LogP contribution in [-0.2, 0) is 13.6 Å². The van der Waals surface area contributed by atoms with Crippen molar-refractivity contribution >= 4 is 10.9 Å². The number of aryl methyl sites for hydroxylation is 1. The maximum absolute atomic E-state index is 12.0. The van der Waals surface area contributed by atoms with Gasteiger partial charge in [0, 0.05) is 30.9 Å². The first-order chi connectivity index (χ1) is 9.66. The van der Waals surface area contributed by atoms with Crippen LogP contribution in [0.15, 0.2) is 58.4 Å². The molecule has 3 aromatic rings. The number of hydrogen-bond acceptors (Lipinski definition) is 3. The summed E-state index contributed by atoms with van der Waals surface area (Å²) in [6.45, 7) is 0.223. The Morgan fingerprint density at radius 2 is 1.90 bits per heavy atom. The lowest BCUT2D eigenvalue weighted by atomic mass is 10.1. The number of rotatable bonds is 2. The van der Waals surface area contributed by atoms with Crippen LogP contribution in [0.1, 0.15) is 5.56 Å². The van der Waals surface area contributed by atoms with E-state index in [1.165, 1.54) is 21.4 Å². The molecule has 0 aliphatic carbocycles. The van der Waals surface area contributed by atoms with Gasteiger partial charge in [-0.15, -0.1) is 0 Å². The molecule has 0 bridgehead atoms. The predicted octanol–water partition coefficient (Wildman–Crippen LogP) is 1.14. The van der Waals surface area contributed by atoms with Crippen LogP contribution in [0.4, 0.5) is 0 Å². The normalized spacial score (nSPS) is 10.8. The molecule has 0 saturated heterocycles. The maximum atomic E-state index is 12.0. The minimum Gasteiger partial charge on any atom is -0.303 e. The van der Waals surface area contributed by atoms with Crippen molar-refractivity contribution < 1.29 is 0 Å². The molecule has 0 spiro atoms. The van der Waals surface area contributed by atoms with Gasteiger partial charge in [-0.25, -0.2) is 4.79 Å². The summed E-state index contributed by atoms with van der Waals surface area (Å²) in [5.41, 5.74) is 1.03. The summed E-state index contributed by atoms with van der Waals surface area (Å²) >= 11 is 0. The zero-order chi connectivity index (χ0) is 14.1. The molecule has 0 aliphatic heterocycles. The number of fused-ring (bicyclic) bond motifs is 1. The van der Waals surface area contributed by atoms with Gasteiger partial charge < -0.3 is 4.57 Å². The first-order valence-electron chi connectivity index (χ1n) is 6.26. The van der Waals surface area contributed by atoms with Gasteiger partial charge in [-0.2, -0.15) is 0 Å². The summed E-state index contributed by atoms with van der Waals surface area (Å²) in [7, 11) is 1.62. The van der Waals surface area contributed by atoms with Crippen molar-refractivity contribution in [2.45, 2.75) is 6.54 Å². The third kappa shape index (κ3) is 2.03. The summed E-state index contributed by atoms with van der Waals surface area (Å²) in [5.74, 6) is 0. The fourth-order valence-electron chi connectivity index (χ4n) is 2.22. The van der Waals surface area contributed by atoms with Crippen LogP contribution < -0.4 is 11.2 Å². The van der Waals surface area contributed by atoms with Crippen molar-refractivity contribution in [3.05, 3.63) is 75.2 Å². The van der Waals surface area contributed by atoms with Crippen molar-refractivity contribution in [1.82, 2.24) is 14.1 Å². The Kier molecular flexibility index (Phi) is 2.95. The molecule has 0 amide bonds. The lowest BCUT2D eigenvalue weighted by Gasteiger charge is -2.08. The van der Waals surface area contributed by atoms with E-state index in [2.05, 4.69) is 4.98 Å². The van der Waals surface area contributed by atoms with E-state index in [-0.39, 0.29) is 17.8 Å². The second-order valence-corrected chi connectivity index (χ2v) is 4.63. The van der Waals surface area contributed by atoms with Crippen LogP contribution in [0.3, 0.4) is 0 Å². The number of pyridine rings is 1. The van der Waals surface area contributed by atoms with Crippen molar-refractivity contribution in [2.24, 2.45) is 7.05 Å². The van der Waals surface area contributed by atoms with E-state index in [0.29, 0.717) is 0 Å². The molecule has 5 heteroatoms. The van der Waals surface area contributed by atoms with E-state index in [9.17, 15) is 9.59 Å². The zero-order valence-corrected chi connectivity index (χ0v) is 11.0. The first kappa shape index (κ1) is 12.3. The molecule has 0 unspecified atom stereocenters. The minimum atomic E-state index is -0.328. The van der Waals surface area contributed by atoms with Gasteiger partial charge >= 0.3 is 5.69 Å². The summed E-state index contributed by atoms with van der Waals surface area (Å²) in [6, 6.07) is 10.9. The largest absolute Gasteiger partial charge is 0.331 e. The standard InChI is InChI=1S/C15H13N3O2/c1-17-9-7-13(19)18(15(17)20)10-12-5-2-4-11-6-3-8-16-14(11)12/h2-9H,10H2,1H3. The average molecular weight is 267 g/mol. The van der Waals surface area contributed by atoms with E-state index < -0.39 is 0 Å². The third-order valence-electron chi connectivity index (χ3n) is 3.28. The Morgan fingerprint density at radius 1 is 1.10 bits per heavy atom. The minimum absolute atomic E-state index is 0.223. The molecule has 3 rings (SSSR count). The highest BCUT2D eigenvalue weighted by Gasteiger charge is 2.07. The van der Waals surface area contributed by atoms with Gasteiger partial charge in [0.05, 0.1) is 12.1 Å². The van der Waals surface area contributed by atoms with Crippen molar-refractivity contribution in [3.63, 3.8) is 0 Å². The van der Waals surface area contributed by atoms with E-state index in [4.69, 9.17) is 0 Å². The molecule has 2 aromatic heterocycles. The summed E-state index contributed by atoms with van der Waals surface area (Å²) < 4.78 is 2.60. The Morgan fingerprint density at radius 3 is 2.75 bits per heavy atom. The van der Waals surface area contributed by atoms with Crippen LogP contribution in [0, 0.1) is 0 Å². The Balaban J connectivity index is 2.18. The Bertz CT molecular complexity index is 888. The second-order valence-electron chi connectivity index (χ2n) is 4.63. The molecular formula is C15H13N3O2. The van der Waals surface area contributed by atoms with Gasteiger partial charge in [-0.05, 0) is 11.6 Å². The predicted molar refractivity (Wildman–Crippen MR) is 76.8 cm³/mol. The number of nitrogens with zero attached hydrogens (tertiary/aromatic N) is 3. The molecule has 0 radical (unpaired) electrons. The van der Waals surface area contributed by atoms with Gasteiger partial charge in [0.1, 0.15) is 0 Å². The fourth-order valence-corrected chi connectivity index (χ4v) is 2.22. The third-order valence-corrected chi connectivity index (χ3v) is 3.28. The highest BCUT2D eigenvalue weighted by Crippen LogP contribution is 2.15. The fraction of sp³-hybridized carbons (Fsp3) is 0.133. The molecule has 1 aromatic carbocycles. The number of hydrogen-bond donors (Lipinski definition) is 0. The number of aromatic nitrogens is 3. The summed E-state index contributed by atoms with van der Waals surface area (Å²) in [4.78, 5) is 28.2. The molecule has 100 valence electrons. The van der Waals surface area contributed by atoms with E-state index in [0.717, 1.165) is 16.5 Å². The van der Waals surface area contributed by atoms with Gasteiger partial charge in [-0.3, -0.25) is 14.3 Å². The van der Waals surface area contributed by atoms with Crippen LogP contribution in [0.5, 0.6) is 0 Å². The Labute approximate surface area is 114 Å². The summed E-state index contributed by atoms with van der Waals surface area (Å²) in [6.07, 6.45) is 3.18. The van der Waals surface area contributed by atoms with Gasteiger partial charge in [-0.1, -0.05) is 24.3 Å². The van der Waals surface area contributed by atoms with E-state index >= 15 is 0 Å². The zero-order valence-electron chi connectivity index (χ0n) is 11.0. The van der Waals surface area contributed by atoms with Crippen LogP contribution in [-0.4, -0.2) is 14.1 Å². The Hall–Kier alpha value is -2.69. The lowest BCUT2D eigenvalue weighted by molar-refractivity contribution is 0.641. The van der Waals surface area contributed by atoms with Gasteiger partial charge in [0.2, 0.25) is 0 Å². The highest BCUT2D eigenvalue weighted by atomic mass is 16.2. The first-order valence-corrected chi connectivity index (χ1v) is 6.26. The molecule has 0 fully saturated rings. The monoisotopic (exact) mass is 267 g/mol. The molecular weight excluding hydrogens is 254 g/mol. The molecule has 0 saturated carbocycles. The van der Waals surface area contributed by atoms with Crippen molar-refractivity contribution in [1.29, 1.82) is 0 Å². The quantitative estimate of drug-likeness (QED) is 0.699. The van der Waals surface area contributed by atoms with E-state index in [1.54, 1.807) is 13.2 Å². The highest BCUT2D eigenvalue weighted by molar-refractivity contribution is 5.81. The molecule has 0 atom stereocenters. The van der Waals surface area contributed by atoms with Crippen molar-refractivity contribution in [2.75, 3.05) is 0 Å². The average Bonchev–Trinajstić information content (AvgIpc) is 2.48. The van der Waals surface area contributed by atoms with Crippen molar-refractivity contribution in [3.8, 4) is 0 Å². The smallest absolute Gasteiger partial charge is 0.303 e. The molecule has 0 aliphatic rings. The molecule has 2 heterocycles. The van der Waals surface area contributed by atoms with Gasteiger partial charge in [0.25, 0.3) is 5.56 Å². The van der Waals surface area contributed by atoms with Crippen LogP contribution in [0.2, 0.25) is 0 Å². The van der Waals surface area contributed by atoms with Crippen LogP contribution in [0.25, 0.3) is 10.9 Å². The van der Waals surface area contributed by atoms with Crippen LogP contribution >= 0.6 is 0 Å². The number of benzene rings is 1. The second kappa shape index (κ2) is 4.77.